The fourth-order valence-corrected chi connectivity index (χ4v) is 4.00. The average Bonchev–Trinajstić information content (AvgIpc) is 3.16. The number of benzene rings is 1. The molecule has 1 aliphatic rings. The monoisotopic (exact) mass is 406 g/mol. The molecule has 0 spiro atoms. The molecular weight excluding hydrogens is 380 g/mol. The minimum atomic E-state index is -0.890. The number of aliphatic hydroxyl groups excluding tert-OH is 1. The smallest absolute Gasteiger partial charge is 0.255 e. The van der Waals surface area contributed by atoms with Crippen LogP contribution in [0.2, 0.25) is 0 Å². The molecule has 0 bridgehead atoms. The van der Waals surface area contributed by atoms with Crippen LogP contribution in [0.4, 0.5) is 0 Å². The van der Waals surface area contributed by atoms with Gasteiger partial charge >= 0.3 is 0 Å². The molecule has 156 valence electrons. The Kier molecular flexibility index (Phi) is 5.65. The van der Waals surface area contributed by atoms with E-state index in [1.165, 1.54) is 12.4 Å². The van der Waals surface area contributed by atoms with Gasteiger partial charge in [-0.1, -0.05) is 30.3 Å². The molecule has 0 saturated carbocycles. The maximum absolute atomic E-state index is 13.0. The van der Waals surface area contributed by atoms with Gasteiger partial charge in [-0.05, 0) is 38.0 Å². The fourth-order valence-electron chi connectivity index (χ4n) is 4.00. The van der Waals surface area contributed by atoms with E-state index in [-0.39, 0.29) is 5.91 Å². The molecule has 2 aromatic heterocycles. The summed E-state index contributed by atoms with van der Waals surface area (Å²) in [7, 11) is 0. The Labute approximate surface area is 175 Å². The van der Waals surface area contributed by atoms with Gasteiger partial charge in [-0.3, -0.25) is 9.69 Å². The van der Waals surface area contributed by atoms with E-state index in [4.69, 9.17) is 4.42 Å². The van der Waals surface area contributed by atoms with Gasteiger partial charge in [-0.15, -0.1) is 0 Å². The first-order valence-corrected chi connectivity index (χ1v) is 10.1. The summed E-state index contributed by atoms with van der Waals surface area (Å²) in [4.78, 5) is 23.4. The molecule has 1 saturated heterocycles. The van der Waals surface area contributed by atoms with Gasteiger partial charge in [-0.2, -0.15) is 0 Å². The normalized spacial score (nSPS) is 22.0. The molecule has 4 rings (SSSR count). The van der Waals surface area contributed by atoms with E-state index in [9.17, 15) is 9.90 Å². The Morgan fingerprint density at radius 1 is 1.20 bits per heavy atom. The lowest BCUT2D eigenvalue weighted by Crippen LogP contribution is -2.61. The highest BCUT2D eigenvalue weighted by Crippen LogP contribution is 2.34. The molecule has 1 fully saturated rings. The maximum atomic E-state index is 13.0. The number of carbonyl (C=O) groups excluding carboxylic acids is 1. The van der Waals surface area contributed by atoms with E-state index in [1.54, 1.807) is 6.92 Å². The van der Waals surface area contributed by atoms with Gasteiger partial charge in [0.05, 0.1) is 23.8 Å². The van der Waals surface area contributed by atoms with Gasteiger partial charge in [0.15, 0.2) is 0 Å². The van der Waals surface area contributed by atoms with Crippen molar-refractivity contribution in [3.05, 3.63) is 83.3 Å². The highest BCUT2D eigenvalue weighted by Gasteiger charge is 2.45. The number of amides is 1. The first-order chi connectivity index (χ1) is 14.5. The number of likely N-dealkylation sites (tertiary alicyclic amines) is 1. The number of β-amino-alcohol motifs (C(OH)–C–C–N with tert-alkyl or cyclic N) is 1. The highest BCUT2D eigenvalue weighted by molar-refractivity contribution is 5.94. The number of aromatic nitrogens is 2. The topological polar surface area (TPSA) is 91.5 Å². The van der Waals surface area contributed by atoms with Gasteiger partial charge < -0.3 is 14.8 Å². The Balaban J connectivity index is 1.57. The Bertz CT molecular complexity index is 1000. The van der Waals surface area contributed by atoms with Crippen molar-refractivity contribution in [1.29, 1.82) is 0 Å². The Hall–Kier alpha value is -3.03. The van der Waals surface area contributed by atoms with Crippen LogP contribution >= 0.6 is 0 Å². The number of aryl methyl sites for hydroxylation is 2. The van der Waals surface area contributed by atoms with Crippen LogP contribution in [0.5, 0.6) is 0 Å². The van der Waals surface area contributed by atoms with Crippen LogP contribution in [0.15, 0.2) is 59.3 Å². The molecule has 2 N–H and O–H groups in total. The standard InChI is InChI=1S/C23H26N4O3/c1-16-8-9-20(30-16)14-27-11-10-23(21(28)15-27,19-6-4-3-5-7-19)26-22(29)18-12-24-17(2)25-13-18/h3-9,12-13,21,28H,10-11,14-15H2,1-2H3,(H,26,29)/t21-,23-/m1/s1. The van der Waals surface area contributed by atoms with Crippen molar-refractivity contribution in [1.82, 2.24) is 20.2 Å². The van der Waals surface area contributed by atoms with E-state index in [2.05, 4.69) is 20.2 Å². The lowest BCUT2D eigenvalue weighted by Gasteiger charge is -2.46. The first kappa shape index (κ1) is 20.3. The number of aliphatic hydroxyl groups is 1. The van der Waals surface area contributed by atoms with Gasteiger partial charge in [0, 0.05) is 25.5 Å². The minimum absolute atomic E-state index is 0.298. The quantitative estimate of drug-likeness (QED) is 0.677. The van der Waals surface area contributed by atoms with Crippen molar-refractivity contribution < 1.29 is 14.3 Å². The molecule has 7 heteroatoms. The van der Waals surface area contributed by atoms with Crippen molar-refractivity contribution in [2.24, 2.45) is 0 Å². The van der Waals surface area contributed by atoms with Crippen molar-refractivity contribution >= 4 is 5.91 Å². The Morgan fingerprint density at radius 3 is 2.57 bits per heavy atom. The summed E-state index contributed by atoms with van der Waals surface area (Å²) in [6.45, 7) is 5.43. The first-order valence-electron chi connectivity index (χ1n) is 10.1. The second kappa shape index (κ2) is 8.38. The molecule has 3 aromatic rings. The number of nitrogens with one attached hydrogen (secondary N) is 1. The lowest BCUT2D eigenvalue weighted by molar-refractivity contribution is -0.0198. The lowest BCUT2D eigenvalue weighted by atomic mass is 9.78. The summed E-state index contributed by atoms with van der Waals surface area (Å²) in [6.07, 6.45) is 2.80. The maximum Gasteiger partial charge on any atom is 0.255 e. The summed E-state index contributed by atoms with van der Waals surface area (Å²) < 4.78 is 5.68. The largest absolute Gasteiger partial charge is 0.465 e. The molecule has 0 radical (unpaired) electrons. The summed E-state index contributed by atoms with van der Waals surface area (Å²) in [6, 6.07) is 13.6. The summed E-state index contributed by atoms with van der Waals surface area (Å²) in [5.41, 5.74) is 0.364. The van der Waals surface area contributed by atoms with Gasteiger partial charge in [0.25, 0.3) is 5.91 Å². The number of nitrogens with zero attached hydrogens (tertiary/aromatic N) is 3. The molecule has 1 aromatic carbocycles. The van der Waals surface area contributed by atoms with Gasteiger partial charge in [0.2, 0.25) is 0 Å². The average molecular weight is 406 g/mol. The van der Waals surface area contributed by atoms with Crippen LogP contribution in [0.25, 0.3) is 0 Å². The highest BCUT2D eigenvalue weighted by atomic mass is 16.3. The number of piperidine rings is 1. The number of rotatable bonds is 5. The molecule has 7 nitrogen and oxygen atoms in total. The second-order valence-corrected chi connectivity index (χ2v) is 7.82. The zero-order chi connectivity index (χ0) is 21.1. The number of hydrogen-bond acceptors (Lipinski definition) is 6. The predicted octanol–water partition coefficient (Wildman–Crippen LogP) is 2.58. The van der Waals surface area contributed by atoms with Gasteiger partial charge in [-0.25, -0.2) is 9.97 Å². The zero-order valence-electron chi connectivity index (χ0n) is 17.2. The fraction of sp³-hybridized carbons (Fsp3) is 0.348. The molecule has 1 amide bonds. The molecule has 2 atom stereocenters. The third-order valence-electron chi connectivity index (χ3n) is 5.67. The third-order valence-corrected chi connectivity index (χ3v) is 5.67. The van der Waals surface area contributed by atoms with Crippen LogP contribution in [0.3, 0.4) is 0 Å². The second-order valence-electron chi connectivity index (χ2n) is 7.82. The minimum Gasteiger partial charge on any atom is -0.465 e. The molecule has 30 heavy (non-hydrogen) atoms. The summed E-state index contributed by atoms with van der Waals surface area (Å²) in [5.74, 6) is 2.04. The summed E-state index contributed by atoms with van der Waals surface area (Å²) in [5, 5.41) is 14.4. The van der Waals surface area contributed by atoms with Crippen molar-refractivity contribution in [3.8, 4) is 0 Å². The van der Waals surface area contributed by atoms with E-state index < -0.39 is 11.6 Å². The number of furan rings is 1. The van der Waals surface area contributed by atoms with Crippen LogP contribution in [-0.2, 0) is 12.1 Å². The molecule has 0 unspecified atom stereocenters. The van der Waals surface area contributed by atoms with E-state index in [0.29, 0.717) is 37.4 Å². The zero-order valence-corrected chi connectivity index (χ0v) is 17.2. The van der Waals surface area contributed by atoms with Crippen LogP contribution in [0.1, 0.15) is 39.7 Å². The van der Waals surface area contributed by atoms with E-state index in [1.807, 2.05) is 49.4 Å². The van der Waals surface area contributed by atoms with Crippen LogP contribution < -0.4 is 5.32 Å². The van der Waals surface area contributed by atoms with Gasteiger partial charge in [0.1, 0.15) is 17.3 Å². The van der Waals surface area contributed by atoms with Crippen LogP contribution in [0, 0.1) is 13.8 Å². The van der Waals surface area contributed by atoms with E-state index >= 15 is 0 Å². The van der Waals surface area contributed by atoms with Crippen molar-refractivity contribution in [2.75, 3.05) is 13.1 Å². The summed E-state index contributed by atoms with van der Waals surface area (Å²) >= 11 is 0. The van der Waals surface area contributed by atoms with Crippen molar-refractivity contribution in [2.45, 2.75) is 38.5 Å². The van der Waals surface area contributed by atoms with E-state index in [0.717, 1.165) is 17.1 Å². The van der Waals surface area contributed by atoms with Crippen LogP contribution in [-0.4, -0.2) is 45.1 Å². The molecular formula is C23H26N4O3. The molecule has 3 heterocycles. The molecule has 1 aliphatic heterocycles. The number of hydrogen-bond donors (Lipinski definition) is 2. The van der Waals surface area contributed by atoms with Crippen molar-refractivity contribution in [3.63, 3.8) is 0 Å². The third kappa shape index (κ3) is 4.13. The molecule has 0 aliphatic carbocycles. The number of carbonyl (C=O) groups is 1. The SMILES string of the molecule is Cc1ncc(C(=O)N[C@@]2(c3ccccc3)CCN(Cc3ccc(C)o3)C[C@H]2O)cn1. The predicted molar refractivity (Wildman–Crippen MR) is 112 cm³/mol. The Morgan fingerprint density at radius 2 is 1.93 bits per heavy atom.